The van der Waals surface area contributed by atoms with Gasteiger partial charge in [-0.05, 0) is 74.2 Å². The van der Waals surface area contributed by atoms with E-state index in [0.29, 0.717) is 11.0 Å². The molecule has 5 rings (SSSR count). The van der Waals surface area contributed by atoms with Gasteiger partial charge in [0, 0.05) is 11.6 Å². The second-order valence-corrected chi connectivity index (χ2v) is 8.28. The Labute approximate surface area is 129 Å². The maximum atomic E-state index is 13.9. The zero-order valence-corrected chi connectivity index (χ0v) is 12.9. The molecule has 4 saturated carbocycles. The zero-order valence-electron chi connectivity index (χ0n) is 12.1. The van der Waals surface area contributed by atoms with Crippen molar-refractivity contribution in [2.45, 2.75) is 50.3 Å². The summed E-state index contributed by atoms with van der Waals surface area (Å²) in [7, 11) is 0. The van der Waals surface area contributed by atoms with Gasteiger partial charge in [-0.25, -0.2) is 8.78 Å². The van der Waals surface area contributed by atoms with E-state index in [9.17, 15) is 8.78 Å². The number of hydrogen-bond acceptors (Lipinski definition) is 0. The van der Waals surface area contributed by atoms with E-state index in [1.807, 2.05) is 0 Å². The molecule has 0 radical (unpaired) electrons. The molecule has 0 nitrogen and oxygen atoms in total. The Hall–Kier alpha value is -0.630. The lowest BCUT2D eigenvalue weighted by Gasteiger charge is -2.57. The molecular formula is C18H21ClF2. The quantitative estimate of drug-likeness (QED) is 0.614. The predicted molar refractivity (Wildman–Crippen MR) is 80.2 cm³/mol. The summed E-state index contributed by atoms with van der Waals surface area (Å²) in [5, 5.41) is -0.332. The summed E-state index contributed by atoms with van der Waals surface area (Å²) < 4.78 is 27.0. The van der Waals surface area contributed by atoms with Gasteiger partial charge in [-0.15, -0.1) is 11.6 Å². The standard InChI is InChI=1S/C18H21ClF2/c19-16(15-2-1-14(20)6-17(15)21)10-18-7-11-3-12(8-18)5-13(4-11)9-18/h1-2,6,11-13,16H,3-5,7-10H2. The molecule has 4 aliphatic carbocycles. The van der Waals surface area contributed by atoms with Gasteiger partial charge in [-0.1, -0.05) is 6.07 Å². The second-order valence-electron chi connectivity index (χ2n) is 7.76. The Morgan fingerprint density at radius 2 is 1.62 bits per heavy atom. The number of halogens is 3. The summed E-state index contributed by atoms with van der Waals surface area (Å²) in [5.41, 5.74) is 0.788. The molecule has 1 unspecified atom stereocenters. The van der Waals surface area contributed by atoms with Crippen LogP contribution in [0.15, 0.2) is 18.2 Å². The Morgan fingerprint density at radius 3 is 2.14 bits per heavy atom. The number of benzene rings is 1. The monoisotopic (exact) mass is 310 g/mol. The van der Waals surface area contributed by atoms with Gasteiger partial charge in [0.05, 0.1) is 5.38 Å². The number of hydrogen-bond donors (Lipinski definition) is 0. The molecule has 4 bridgehead atoms. The average Bonchev–Trinajstić information content (AvgIpc) is 2.35. The van der Waals surface area contributed by atoms with E-state index in [1.165, 1.54) is 50.7 Å². The lowest BCUT2D eigenvalue weighted by molar-refractivity contribution is -0.0577. The Morgan fingerprint density at radius 1 is 1.05 bits per heavy atom. The van der Waals surface area contributed by atoms with Crippen molar-refractivity contribution in [3.63, 3.8) is 0 Å². The Balaban J connectivity index is 1.55. The summed E-state index contributed by atoms with van der Waals surface area (Å²) in [5.74, 6) is 1.59. The lowest BCUT2D eigenvalue weighted by atomic mass is 9.48. The molecule has 4 aliphatic rings. The topological polar surface area (TPSA) is 0 Å². The SMILES string of the molecule is Fc1ccc(C(Cl)CC23CC4CC(CC(C4)C2)C3)c(F)c1. The minimum atomic E-state index is -0.532. The van der Waals surface area contributed by atoms with E-state index in [2.05, 4.69) is 0 Å². The fourth-order valence-corrected chi connectivity index (χ4v) is 6.29. The summed E-state index contributed by atoms with van der Waals surface area (Å²) >= 11 is 6.54. The summed E-state index contributed by atoms with van der Waals surface area (Å²) in [4.78, 5) is 0. The third-order valence-electron chi connectivity index (χ3n) is 6.08. The molecule has 1 aromatic rings. The molecule has 0 aromatic heterocycles. The molecule has 3 heteroatoms. The molecule has 1 atom stereocenters. The van der Waals surface area contributed by atoms with E-state index in [1.54, 1.807) is 0 Å². The molecule has 21 heavy (non-hydrogen) atoms. The van der Waals surface area contributed by atoms with Crippen LogP contribution in [0.4, 0.5) is 8.78 Å². The van der Waals surface area contributed by atoms with E-state index >= 15 is 0 Å². The highest BCUT2D eigenvalue weighted by atomic mass is 35.5. The summed E-state index contributed by atoms with van der Waals surface area (Å²) in [6, 6.07) is 3.78. The van der Waals surface area contributed by atoms with Crippen LogP contribution >= 0.6 is 11.6 Å². The normalized spacial score (nSPS) is 38.7. The van der Waals surface area contributed by atoms with Crippen LogP contribution in [0.5, 0.6) is 0 Å². The highest BCUT2D eigenvalue weighted by Gasteiger charge is 2.51. The summed E-state index contributed by atoms with van der Waals surface area (Å²) in [6.07, 6.45) is 8.85. The predicted octanol–water partition coefficient (Wildman–Crippen LogP) is 5.85. The molecule has 0 saturated heterocycles. The van der Waals surface area contributed by atoms with E-state index in [0.717, 1.165) is 30.2 Å². The Bertz CT molecular complexity index is 519. The molecule has 1 aromatic carbocycles. The number of alkyl halides is 1. The minimum Gasteiger partial charge on any atom is -0.207 e. The van der Waals surface area contributed by atoms with Gasteiger partial charge in [0.15, 0.2) is 0 Å². The van der Waals surface area contributed by atoms with Crippen molar-refractivity contribution >= 4 is 11.6 Å². The molecule has 4 fully saturated rings. The molecule has 114 valence electrons. The van der Waals surface area contributed by atoms with Gasteiger partial charge in [-0.3, -0.25) is 0 Å². The number of rotatable bonds is 3. The van der Waals surface area contributed by atoms with Gasteiger partial charge in [0.1, 0.15) is 11.6 Å². The third kappa shape index (κ3) is 2.50. The summed E-state index contributed by atoms with van der Waals surface area (Å²) in [6.45, 7) is 0. The van der Waals surface area contributed by atoms with Crippen molar-refractivity contribution in [1.29, 1.82) is 0 Å². The van der Waals surface area contributed by atoms with Crippen LogP contribution in [0.25, 0.3) is 0 Å². The van der Waals surface area contributed by atoms with Crippen LogP contribution in [0.2, 0.25) is 0 Å². The molecule has 0 N–H and O–H groups in total. The van der Waals surface area contributed by atoms with Gasteiger partial charge in [0.2, 0.25) is 0 Å². The van der Waals surface area contributed by atoms with Gasteiger partial charge in [-0.2, -0.15) is 0 Å². The first-order chi connectivity index (χ1) is 10.0. The fourth-order valence-electron chi connectivity index (χ4n) is 5.79. The molecule has 0 amide bonds. The molecule has 0 spiro atoms. The highest BCUT2D eigenvalue weighted by Crippen LogP contribution is 2.62. The van der Waals surface area contributed by atoms with E-state index in [4.69, 9.17) is 11.6 Å². The second kappa shape index (κ2) is 4.94. The van der Waals surface area contributed by atoms with Crippen LogP contribution in [0.3, 0.4) is 0 Å². The molecular weight excluding hydrogens is 290 g/mol. The molecule has 0 aliphatic heterocycles. The smallest absolute Gasteiger partial charge is 0.130 e. The zero-order chi connectivity index (χ0) is 14.6. The van der Waals surface area contributed by atoms with E-state index in [-0.39, 0.29) is 5.38 Å². The van der Waals surface area contributed by atoms with Crippen molar-refractivity contribution in [2.24, 2.45) is 23.2 Å². The van der Waals surface area contributed by atoms with Crippen LogP contribution in [-0.2, 0) is 0 Å². The van der Waals surface area contributed by atoms with Gasteiger partial charge < -0.3 is 0 Å². The van der Waals surface area contributed by atoms with Crippen LogP contribution in [0.1, 0.15) is 55.9 Å². The maximum absolute atomic E-state index is 13.9. The van der Waals surface area contributed by atoms with Crippen LogP contribution < -0.4 is 0 Å². The highest BCUT2D eigenvalue weighted by molar-refractivity contribution is 6.20. The minimum absolute atomic E-state index is 0.321. The van der Waals surface area contributed by atoms with Gasteiger partial charge in [0.25, 0.3) is 0 Å². The first-order valence-corrected chi connectivity index (χ1v) is 8.56. The maximum Gasteiger partial charge on any atom is 0.130 e. The Kier molecular flexibility index (Phi) is 3.29. The van der Waals surface area contributed by atoms with Crippen molar-refractivity contribution in [1.82, 2.24) is 0 Å². The largest absolute Gasteiger partial charge is 0.207 e. The van der Waals surface area contributed by atoms with Crippen molar-refractivity contribution in [2.75, 3.05) is 0 Å². The van der Waals surface area contributed by atoms with Gasteiger partial charge >= 0.3 is 0 Å². The van der Waals surface area contributed by atoms with Crippen LogP contribution in [-0.4, -0.2) is 0 Å². The van der Waals surface area contributed by atoms with Crippen molar-refractivity contribution in [3.8, 4) is 0 Å². The third-order valence-corrected chi connectivity index (χ3v) is 6.47. The lowest BCUT2D eigenvalue weighted by Crippen LogP contribution is -2.46. The van der Waals surface area contributed by atoms with Crippen LogP contribution in [0, 0.1) is 34.8 Å². The fraction of sp³-hybridized carbons (Fsp3) is 0.667. The first kappa shape index (κ1) is 14.0. The first-order valence-electron chi connectivity index (χ1n) is 8.12. The van der Waals surface area contributed by atoms with E-state index < -0.39 is 11.6 Å². The average molecular weight is 311 g/mol. The molecule has 0 heterocycles. The van der Waals surface area contributed by atoms with Crippen molar-refractivity contribution in [3.05, 3.63) is 35.4 Å². The van der Waals surface area contributed by atoms with Crippen molar-refractivity contribution < 1.29 is 8.78 Å².